The molecule has 33 heavy (non-hydrogen) atoms. The van der Waals surface area contributed by atoms with Crippen molar-refractivity contribution >= 4 is 23.2 Å². The molecule has 5 aromatic rings. The maximum Gasteiger partial charge on any atom is 0.144 e. The van der Waals surface area contributed by atoms with Crippen LogP contribution in [0.25, 0.3) is 39.5 Å². The summed E-state index contributed by atoms with van der Waals surface area (Å²) in [4.78, 5) is 4.89. The maximum atomic E-state index is 6.09. The third-order valence-corrected chi connectivity index (χ3v) is 5.73. The van der Waals surface area contributed by atoms with Gasteiger partial charge in [0.1, 0.15) is 17.1 Å². The second-order valence-corrected chi connectivity index (χ2v) is 8.23. The largest absolute Gasteiger partial charge is 0.494 e. The first kappa shape index (κ1) is 21.2. The second kappa shape index (κ2) is 9.06. The first-order chi connectivity index (χ1) is 16.1. The van der Waals surface area contributed by atoms with Gasteiger partial charge in [-0.15, -0.1) is 5.10 Å². The third kappa shape index (κ3) is 4.46. The molecule has 0 atom stereocenters. The van der Waals surface area contributed by atoms with Gasteiger partial charge in [-0.25, -0.2) is 9.67 Å². The summed E-state index contributed by atoms with van der Waals surface area (Å²) < 4.78 is 7.17. The van der Waals surface area contributed by atoms with Crippen molar-refractivity contribution in [3.05, 3.63) is 101 Å². The number of hydrogen-bond acceptors (Lipinski definition) is 4. The Morgan fingerprint density at radius 2 is 1.27 bits per heavy atom. The van der Waals surface area contributed by atoms with E-state index in [1.165, 1.54) is 0 Å². The van der Waals surface area contributed by atoms with Crippen molar-refractivity contribution < 1.29 is 4.74 Å². The number of rotatable bonds is 5. The summed E-state index contributed by atoms with van der Waals surface area (Å²) in [6, 6.07) is 26.9. The van der Waals surface area contributed by atoms with E-state index < -0.39 is 0 Å². The predicted molar refractivity (Wildman–Crippen MR) is 132 cm³/mol. The molecule has 0 amide bonds. The van der Waals surface area contributed by atoms with Gasteiger partial charge < -0.3 is 4.74 Å². The number of aromatic nitrogens is 4. The van der Waals surface area contributed by atoms with Crippen molar-refractivity contribution in [2.75, 3.05) is 7.11 Å². The monoisotopic (exact) mass is 472 g/mol. The molecule has 5 rings (SSSR count). The number of nitrogens with zero attached hydrogens (tertiary/aromatic N) is 4. The van der Waals surface area contributed by atoms with E-state index in [1.54, 1.807) is 11.8 Å². The highest BCUT2D eigenvalue weighted by atomic mass is 35.5. The highest BCUT2D eigenvalue weighted by Gasteiger charge is 2.13. The Balaban J connectivity index is 1.63. The minimum atomic E-state index is 0.674. The van der Waals surface area contributed by atoms with E-state index in [2.05, 4.69) is 10.3 Å². The first-order valence-electron chi connectivity index (χ1n) is 10.2. The number of pyridine rings is 1. The van der Waals surface area contributed by atoms with E-state index in [-0.39, 0.29) is 0 Å². The lowest BCUT2D eigenvalue weighted by Gasteiger charge is -2.09. The standard InChI is InChI=1S/C26H18Cl2N4O/c1-33-26-5-3-2-4-25(26)32-16-24(30-31-32)19-14-22(17-6-10-20(27)11-7-17)29-23(15-19)18-8-12-21(28)13-9-18/h2-16H,1H3. The summed E-state index contributed by atoms with van der Waals surface area (Å²) in [5.41, 5.74) is 5.93. The molecule has 2 heterocycles. The minimum Gasteiger partial charge on any atom is -0.494 e. The van der Waals surface area contributed by atoms with Gasteiger partial charge in [0, 0.05) is 26.7 Å². The van der Waals surface area contributed by atoms with Crippen molar-refractivity contribution in [2.24, 2.45) is 0 Å². The van der Waals surface area contributed by atoms with Crippen LogP contribution in [0.4, 0.5) is 0 Å². The molecule has 162 valence electrons. The van der Waals surface area contributed by atoms with Gasteiger partial charge in [-0.2, -0.15) is 0 Å². The number of halogens is 2. The molecule has 0 unspecified atom stereocenters. The Bertz CT molecular complexity index is 1350. The van der Waals surface area contributed by atoms with Crippen molar-refractivity contribution in [1.82, 2.24) is 20.0 Å². The van der Waals surface area contributed by atoms with Gasteiger partial charge in [-0.3, -0.25) is 0 Å². The zero-order chi connectivity index (χ0) is 22.8. The molecule has 0 spiro atoms. The quantitative estimate of drug-likeness (QED) is 0.276. The zero-order valence-electron chi connectivity index (χ0n) is 17.6. The van der Waals surface area contributed by atoms with E-state index in [9.17, 15) is 0 Å². The number of benzene rings is 3. The molecule has 0 aliphatic heterocycles. The molecule has 0 fully saturated rings. The van der Waals surface area contributed by atoms with Crippen LogP contribution in [0, 0.1) is 0 Å². The van der Waals surface area contributed by atoms with Gasteiger partial charge in [0.05, 0.1) is 24.7 Å². The molecular formula is C26H18Cl2N4O. The van der Waals surface area contributed by atoms with E-state index >= 15 is 0 Å². The fourth-order valence-corrected chi connectivity index (χ4v) is 3.80. The minimum absolute atomic E-state index is 0.674. The van der Waals surface area contributed by atoms with Crippen molar-refractivity contribution in [3.8, 4) is 45.2 Å². The van der Waals surface area contributed by atoms with Crippen LogP contribution in [0.2, 0.25) is 10.0 Å². The first-order valence-corrected chi connectivity index (χ1v) is 11.0. The average Bonchev–Trinajstić information content (AvgIpc) is 3.35. The van der Waals surface area contributed by atoms with Crippen LogP contribution in [0.15, 0.2) is 91.1 Å². The second-order valence-electron chi connectivity index (χ2n) is 7.36. The number of hydrogen-bond donors (Lipinski definition) is 0. The van der Waals surface area contributed by atoms with E-state index in [4.69, 9.17) is 32.9 Å². The summed E-state index contributed by atoms with van der Waals surface area (Å²) >= 11 is 12.2. The smallest absolute Gasteiger partial charge is 0.144 e. The van der Waals surface area contributed by atoms with Crippen LogP contribution in [0.1, 0.15) is 0 Å². The molecular weight excluding hydrogens is 455 g/mol. The molecule has 7 heteroatoms. The topological polar surface area (TPSA) is 52.8 Å². The van der Waals surface area contributed by atoms with Gasteiger partial charge in [0.25, 0.3) is 0 Å². The Hall–Kier alpha value is -3.67. The molecule has 3 aromatic carbocycles. The van der Waals surface area contributed by atoms with Crippen molar-refractivity contribution in [1.29, 1.82) is 0 Å². The predicted octanol–water partition coefficient (Wildman–Crippen LogP) is 6.98. The molecule has 0 radical (unpaired) electrons. The fourth-order valence-electron chi connectivity index (χ4n) is 3.55. The van der Waals surface area contributed by atoms with E-state index in [0.29, 0.717) is 21.5 Å². The fraction of sp³-hybridized carbons (Fsp3) is 0.0385. The lowest BCUT2D eigenvalue weighted by atomic mass is 10.0. The normalized spacial score (nSPS) is 10.9. The summed E-state index contributed by atoms with van der Waals surface area (Å²) in [5, 5.41) is 10.1. The van der Waals surface area contributed by atoms with Crippen LogP contribution in [0.3, 0.4) is 0 Å². The van der Waals surface area contributed by atoms with E-state index in [0.717, 1.165) is 33.8 Å². The lowest BCUT2D eigenvalue weighted by Crippen LogP contribution is -1.98. The van der Waals surface area contributed by atoms with Crippen LogP contribution < -0.4 is 4.74 Å². The van der Waals surface area contributed by atoms with Gasteiger partial charge in [0.15, 0.2) is 0 Å². The Morgan fingerprint density at radius 3 is 1.85 bits per heavy atom. The summed E-state index contributed by atoms with van der Waals surface area (Å²) in [5.74, 6) is 0.715. The van der Waals surface area contributed by atoms with Crippen LogP contribution >= 0.6 is 23.2 Å². The summed E-state index contributed by atoms with van der Waals surface area (Å²) in [6.45, 7) is 0. The van der Waals surface area contributed by atoms with Crippen molar-refractivity contribution in [3.63, 3.8) is 0 Å². The molecule has 0 saturated heterocycles. The summed E-state index contributed by atoms with van der Waals surface area (Å²) in [7, 11) is 1.64. The van der Waals surface area contributed by atoms with E-state index in [1.807, 2.05) is 91.1 Å². The Kier molecular flexibility index (Phi) is 5.82. The zero-order valence-corrected chi connectivity index (χ0v) is 19.1. The molecule has 0 bridgehead atoms. The third-order valence-electron chi connectivity index (χ3n) is 5.23. The van der Waals surface area contributed by atoms with Gasteiger partial charge in [-0.05, 0) is 48.5 Å². The molecule has 0 saturated carbocycles. The van der Waals surface area contributed by atoms with Crippen LogP contribution in [-0.2, 0) is 0 Å². The number of methoxy groups -OCH3 is 1. The van der Waals surface area contributed by atoms with Crippen molar-refractivity contribution in [2.45, 2.75) is 0 Å². The molecule has 0 aliphatic rings. The van der Waals surface area contributed by atoms with Crippen LogP contribution in [-0.4, -0.2) is 27.1 Å². The number of para-hydroxylation sites is 2. The molecule has 0 aliphatic carbocycles. The number of ether oxygens (including phenoxy) is 1. The Morgan fingerprint density at radius 1 is 0.697 bits per heavy atom. The highest BCUT2D eigenvalue weighted by molar-refractivity contribution is 6.30. The molecule has 0 N–H and O–H groups in total. The molecule has 2 aromatic heterocycles. The molecule has 5 nitrogen and oxygen atoms in total. The van der Waals surface area contributed by atoms with Gasteiger partial charge >= 0.3 is 0 Å². The summed E-state index contributed by atoms with van der Waals surface area (Å²) in [6.07, 6.45) is 1.88. The highest BCUT2D eigenvalue weighted by Crippen LogP contribution is 2.31. The SMILES string of the molecule is COc1ccccc1-n1cc(-c2cc(-c3ccc(Cl)cc3)nc(-c3ccc(Cl)cc3)c2)nn1. The maximum absolute atomic E-state index is 6.09. The Labute approximate surface area is 201 Å². The lowest BCUT2D eigenvalue weighted by molar-refractivity contribution is 0.411. The van der Waals surface area contributed by atoms with Gasteiger partial charge in [-0.1, -0.05) is 64.8 Å². The van der Waals surface area contributed by atoms with Crippen LogP contribution in [0.5, 0.6) is 5.75 Å². The average molecular weight is 473 g/mol. The van der Waals surface area contributed by atoms with Gasteiger partial charge in [0.2, 0.25) is 0 Å².